The molecule has 12 heavy (non-hydrogen) atoms. The van der Waals surface area contributed by atoms with Gasteiger partial charge in [-0.3, -0.25) is 0 Å². The van der Waals surface area contributed by atoms with Gasteiger partial charge >= 0.3 is 0 Å². The summed E-state index contributed by atoms with van der Waals surface area (Å²) in [5.41, 5.74) is 2.38. The van der Waals surface area contributed by atoms with Crippen LogP contribution >= 0.6 is 17.3 Å². The highest BCUT2D eigenvalue weighted by Gasteiger charge is 1.97. The van der Waals surface area contributed by atoms with Crippen LogP contribution in [0.2, 0.25) is 0 Å². The first-order chi connectivity index (χ1) is 5.77. The molecule has 0 aliphatic carbocycles. The molecule has 0 saturated carbocycles. The van der Waals surface area contributed by atoms with Gasteiger partial charge in [0, 0.05) is 11.8 Å². The van der Waals surface area contributed by atoms with Crippen molar-refractivity contribution in [3.8, 4) is 5.75 Å². The zero-order valence-electron chi connectivity index (χ0n) is 7.22. The highest BCUT2D eigenvalue weighted by molar-refractivity contribution is 8.03. The van der Waals surface area contributed by atoms with Gasteiger partial charge in [-0.15, -0.1) is 0 Å². The lowest BCUT2D eigenvalue weighted by molar-refractivity contribution is 0.415. The Morgan fingerprint density at radius 2 is 2.25 bits per heavy atom. The van der Waals surface area contributed by atoms with E-state index in [4.69, 9.17) is 4.74 Å². The lowest BCUT2D eigenvalue weighted by Crippen LogP contribution is -1.88. The van der Waals surface area contributed by atoms with E-state index in [0.29, 0.717) is 8.42 Å². The molecule has 0 radical (unpaired) electrons. The monoisotopic (exact) mass is 201 g/mol. The van der Waals surface area contributed by atoms with E-state index in [2.05, 4.69) is 20.9 Å². The van der Waals surface area contributed by atoms with Gasteiger partial charge in [0.15, 0.2) is 0 Å². The van der Waals surface area contributed by atoms with Crippen molar-refractivity contribution in [2.24, 2.45) is 0 Å². The first-order valence-electron chi connectivity index (χ1n) is 3.64. The lowest BCUT2D eigenvalue weighted by atomic mass is 10.2. The number of aryl methyl sites for hydroxylation is 1. The maximum absolute atomic E-state index is 5.11. The van der Waals surface area contributed by atoms with Gasteiger partial charge in [0.2, 0.25) is 0 Å². The molecule has 66 valence electrons. The average Bonchev–Trinajstić information content (AvgIpc) is 2.09. The Hall–Kier alpha value is -0.320. The van der Waals surface area contributed by atoms with Crippen molar-refractivity contribution in [2.45, 2.75) is 6.92 Å². The highest BCUT2D eigenvalue weighted by Crippen LogP contribution is 2.28. The molecule has 1 N–H and O–H groups in total. The summed E-state index contributed by atoms with van der Waals surface area (Å²) in [6.45, 7) is 2.08. The predicted molar refractivity (Wildman–Crippen MR) is 59.4 cm³/mol. The number of hydrogen-bond acceptors (Lipinski definition) is 2. The van der Waals surface area contributed by atoms with Crippen molar-refractivity contribution in [3.05, 3.63) is 23.8 Å². The summed E-state index contributed by atoms with van der Waals surface area (Å²) in [5, 5.41) is 3.26. The molecule has 0 spiro atoms. The second kappa shape index (κ2) is 4.64. The number of hydrogen-bond donors (Lipinski definition) is 1. The second-order valence-electron chi connectivity index (χ2n) is 2.45. The molecule has 1 aromatic carbocycles. The number of benzene rings is 1. The predicted octanol–water partition coefficient (Wildman–Crippen LogP) is 2.80. The molecule has 2 unspecified atom stereocenters. The lowest BCUT2D eigenvalue weighted by Gasteiger charge is -2.08. The van der Waals surface area contributed by atoms with E-state index < -0.39 is 0 Å². The standard InChI is InChI=1S/C8H13NOP2/c1-6-3-4-7(10-2)5-8(6)9-12-11/h3-5,9,12H,11H2,1-2H3. The molecule has 0 bridgehead atoms. The van der Waals surface area contributed by atoms with Crippen LogP contribution < -0.4 is 9.82 Å². The Kier molecular flexibility index (Phi) is 3.78. The third kappa shape index (κ3) is 2.33. The minimum absolute atomic E-state index is 0.640. The van der Waals surface area contributed by atoms with Crippen molar-refractivity contribution < 1.29 is 4.74 Å². The highest BCUT2D eigenvalue weighted by atomic mass is 32.0. The first-order valence-corrected chi connectivity index (χ1v) is 6.45. The molecule has 0 amide bonds. The molecule has 1 aromatic rings. The summed E-state index contributed by atoms with van der Waals surface area (Å²) in [4.78, 5) is 0. The summed E-state index contributed by atoms with van der Waals surface area (Å²) < 4.78 is 5.11. The van der Waals surface area contributed by atoms with E-state index >= 15 is 0 Å². The van der Waals surface area contributed by atoms with Gasteiger partial charge in [-0.25, -0.2) is 0 Å². The third-order valence-corrected chi connectivity index (χ3v) is 2.50. The maximum atomic E-state index is 5.11. The Morgan fingerprint density at radius 1 is 1.50 bits per heavy atom. The summed E-state index contributed by atoms with van der Waals surface area (Å²) in [7, 11) is 4.98. The second-order valence-corrected chi connectivity index (χ2v) is 3.85. The minimum atomic E-state index is 0.640. The number of ether oxygens (including phenoxy) is 1. The van der Waals surface area contributed by atoms with Crippen LogP contribution in [0, 0.1) is 6.92 Å². The van der Waals surface area contributed by atoms with Crippen LogP contribution in [-0.4, -0.2) is 7.11 Å². The Bertz CT molecular complexity index is 265. The normalized spacial score (nSPS) is 10.6. The van der Waals surface area contributed by atoms with Gasteiger partial charge in [0.05, 0.1) is 7.11 Å². The quantitative estimate of drug-likeness (QED) is 0.759. The van der Waals surface area contributed by atoms with Gasteiger partial charge in [-0.2, -0.15) is 0 Å². The van der Waals surface area contributed by atoms with Crippen LogP contribution in [-0.2, 0) is 0 Å². The maximum Gasteiger partial charge on any atom is 0.120 e. The van der Waals surface area contributed by atoms with Crippen LogP contribution in [0.25, 0.3) is 0 Å². The molecule has 0 aromatic heterocycles. The van der Waals surface area contributed by atoms with Crippen LogP contribution in [0.3, 0.4) is 0 Å². The molecule has 0 aliphatic rings. The Balaban J connectivity index is 2.91. The number of rotatable bonds is 3. The van der Waals surface area contributed by atoms with Crippen LogP contribution in [0.4, 0.5) is 5.69 Å². The number of methoxy groups -OCH3 is 1. The van der Waals surface area contributed by atoms with Crippen molar-refractivity contribution in [3.63, 3.8) is 0 Å². The van der Waals surface area contributed by atoms with Gasteiger partial charge in [-0.1, -0.05) is 15.0 Å². The minimum Gasteiger partial charge on any atom is -0.497 e. The van der Waals surface area contributed by atoms with Gasteiger partial charge in [-0.05, 0) is 27.0 Å². The van der Waals surface area contributed by atoms with Crippen LogP contribution in [0.15, 0.2) is 18.2 Å². The fraction of sp³-hybridized carbons (Fsp3) is 0.250. The Morgan fingerprint density at radius 3 is 2.83 bits per heavy atom. The molecule has 1 rings (SSSR count). The zero-order valence-corrected chi connectivity index (χ0v) is 9.37. The largest absolute Gasteiger partial charge is 0.497 e. The first kappa shape index (κ1) is 9.77. The zero-order chi connectivity index (χ0) is 8.97. The van der Waals surface area contributed by atoms with Crippen LogP contribution in [0.5, 0.6) is 5.75 Å². The van der Waals surface area contributed by atoms with E-state index in [1.807, 2.05) is 18.2 Å². The number of anilines is 1. The van der Waals surface area contributed by atoms with Crippen LogP contribution in [0.1, 0.15) is 5.56 Å². The van der Waals surface area contributed by atoms with Gasteiger partial charge in [0.1, 0.15) is 5.75 Å². The topological polar surface area (TPSA) is 21.3 Å². The molecule has 0 fully saturated rings. The van der Waals surface area contributed by atoms with E-state index in [1.54, 1.807) is 7.11 Å². The summed E-state index contributed by atoms with van der Waals surface area (Å²) >= 11 is 0. The van der Waals surface area contributed by atoms with Gasteiger partial charge < -0.3 is 9.82 Å². The fourth-order valence-corrected chi connectivity index (χ4v) is 1.83. The molecule has 0 aliphatic heterocycles. The molecule has 2 nitrogen and oxygen atoms in total. The molecule has 4 heteroatoms. The Labute approximate surface area is 77.0 Å². The summed E-state index contributed by atoms with van der Waals surface area (Å²) in [6, 6.07) is 6.02. The van der Waals surface area contributed by atoms with Crippen molar-refractivity contribution in [1.29, 1.82) is 0 Å². The SMILES string of the molecule is COc1ccc(C)c(NPP)c1. The molecule has 2 atom stereocenters. The summed E-state index contributed by atoms with van der Waals surface area (Å²) in [6.07, 6.45) is 0. The van der Waals surface area contributed by atoms with Crippen molar-refractivity contribution in [1.82, 2.24) is 0 Å². The van der Waals surface area contributed by atoms with Crippen molar-refractivity contribution in [2.75, 3.05) is 12.2 Å². The summed E-state index contributed by atoms with van der Waals surface area (Å²) in [5.74, 6) is 0.895. The molecular formula is C8H13NOP2. The smallest absolute Gasteiger partial charge is 0.120 e. The fourth-order valence-electron chi connectivity index (χ4n) is 0.941. The van der Waals surface area contributed by atoms with E-state index in [0.717, 1.165) is 11.4 Å². The molecule has 0 heterocycles. The van der Waals surface area contributed by atoms with E-state index in [-0.39, 0.29) is 0 Å². The molecular weight excluding hydrogens is 188 g/mol. The van der Waals surface area contributed by atoms with E-state index in [9.17, 15) is 0 Å². The van der Waals surface area contributed by atoms with E-state index in [1.165, 1.54) is 5.56 Å². The number of nitrogens with one attached hydrogen (secondary N) is 1. The van der Waals surface area contributed by atoms with Gasteiger partial charge in [0.25, 0.3) is 0 Å². The van der Waals surface area contributed by atoms with Crippen molar-refractivity contribution >= 4 is 23.0 Å². The average molecular weight is 201 g/mol. The third-order valence-electron chi connectivity index (χ3n) is 1.65. The molecule has 0 saturated heterocycles.